The molecule has 0 unspecified atom stereocenters. The normalized spacial score (nSPS) is 18.9. The van der Waals surface area contributed by atoms with Gasteiger partial charge in [0.2, 0.25) is 0 Å². The number of aromatic nitrogens is 2. The van der Waals surface area contributed by atoms with Crippen molar-refractivity contribution in [1.82, 2.24) is 20.0 Å². The van der Waals surface area contributed by atoms with Gasteiger partial charge in [-0.1, -0.05) is 12.1 Å². The van der Waals surface area contributed by atoms with Crippen molar-refractivity contribution in [2.75, 3.05) is 6.54 Å². The average molecular weight is 348 g/mol. The predicted octanol–water partition coefficient (Wildman–Crippen LogP) is 3.70. The van der Waals surface area contributed by atoms with Crippen LogP contribution in [0, 0.1) is 11.6 Å². The monoisotopic (exact) mass is 348 g/mol. The van der Waals surface area contributed by atoms with E-state index < -0.39 is 17.7 Å². The summed E-state index contributed by atoms with van der Waals surface area (Å²) in [5.41, 5.74) is 1.11. The number of likely N-dealkylation sites (tertiary alicyclic amines) is 1. The molecule has 7 heteroatoms. The molecule has 2 amide bonds. The van der Waals surface area contributed by atoms with Crippen LogP contribution in [0.4, 0.5) is 13.6 Å². The molecule has 2 aromatic rings. The van der Waals surface area contributed by atoms with Crippen LogP contribution in [-0.2, 0) is 7.05 Å². The molecule has 0 aliphatic carbocycles. The molecule has 25 heavy (non-hydrogen) atoms. The summed E-state index contributed by atoms with van der Waals surface area (Å²) in [6, 6.07) is 4.93. The van der Waals surface area contributed by atoms with Gasteiger partial charge in [-0.05, 0) is 38.3 Å². The molecule has 1 fully saturated rings. The molecule has 2 atom stereocenters. The Kier molecular flexibility index (Phi) is 5.01. The minimum atomic E-state index is -0.919. The van der Waals surface area contributed by atoms with Gasteiger partial charge in [-0.3, -0.25) is 4.68 Å². The fraction of sp³-hybridized carbons (Fsp3) is 0.444. The molecule has 0 radical (unpaired) electrons. The number of carbonyl (C=O) groups is 1. The van der Waals surface area contributed by atoms with Crippen molar-refractivity contribution in [3.05, 3.63) is 53.4 Å². The zero-order valence-corrected chi connectivity index (χ0v) is 14.4. The summed E-state index contributed by atoms with van der Waals surface area (Å²) in [5.74, 6) is -1.83. The lowest BCUT2D eigenvalue weighted by Gasteiger charge is -2.36. The van der Waals surface area contributed by atoms with Crippen LogP contribution < -0.4 is 5.32 Å². The van der Waals surface area contributed by atoms with Gasteiger partial charge >= 0.3 is 6.03 Å². The van der Waals surface area contributed by atoms with Crippen LogP contribution in [0.3, 0.4) is 0 Å². The Balaban J connectivity index is 1.77. The highest BCUT2D eigenvalue weighted by Gasteiger charge is 2.30. The van der Waals surface area contributed by atoms with Crippen LogP contribution in [0.15, 0.2) is 30.5 Å². The maximum atomic E-state index is 13.9. The van der Waals surface area contributed by atoms with E-state index in [9.17, 15) is 13.6 Å². The number of amides is 2. The molecule has 3 rings (SSSR count). The van der Waals surface area contributed by atoms with Gasteiger partial charge in [0.1, 0.15) is 0 Å². The van der Waals surface area contributed by atoms with Crippen LogP contribution in [-0.4, -0.2) is 27.3 Å². The first-order valence-corrected chi connectivity index (χ1v) is 8.48. The molecule has 1 saturated heterocycles. The van der Waals surface area contributed by atoms with Crippen molar-refractivity contribution in [3.63, 3.8) is 0 Å². The molecule has 1 aromatic heterocycles. The number of nitrogens with zero attached hydrogens (tertiary/aromatic N) is 3. The molecule has 0 saturated carbocycles. The van der Waals surface area contributed by atoms with Crippen LogP contribution in [0.5, 0.6) is 0 Å². The minimum absolute atomic E-state index is 0.0641. The van der Waals surface area contributed by atoms with Gasteiger partial charge in [-0.2, -0.15) is 5.10 Å². The van der Waals surface area contributed by atoms with E-state index in [1.807, 2.05) is 13.1 Å². The van der Waals surface area contributed by atoms with Crippen molar-refractivity contribution < 1.29 is 13.6 Å². The Bertz CT molecular complexity index is 761. The summed E-state index contributed by atoms with van der Waals surface area (Å²) >= 11 is 0. The third kappa shape index (κ3) is 3.50. The summed E-state index contributed by atoms with van der Waals surface area (Å²) < 4.78 is 29.1. The van der Waals surface area contributed by atoms with Gasteiger partial charge in [0, 0.05) is 25.4 Å². The summed E-state index contributed by atoms with van der Waals surface area (Å²) in [6.07, 6.45) is 4.53. The maximum absolute atomic E-state index is 13.9. The second-order valence-electron chi connectivity index (χ2n) is 6.40. The highest BCUT2D eigenvalue weighted by molar-refractivity contribution is 5.75. The number of piperidine rings is 1. The second kappa shape index (κ2) is 7.21. The standard InChI is InChI=1S/C18H22F2N4O/c1-12(13-6-5-7-14(19)17(13)20)22-18(25)24-11-4-3-8-16(24)15-9-10-21-23(15)2/h5-7,9-10,12,16H,3-4,8,11H2,1-2H3,(H,22,25)/t12-,16+/m1/s1. The van der Waals surface area contributed by atoms with E-state index in [1.54, 1.807) is 22.7 Å². The molecule has 1 aromatic carbocycles. The number of carbonyl (C=O) groups excluding carboxylic acids is 1. The molecule has 1 aliphatic heterocycles. The SMILES string of the molecule is C[C@@H](NC(=O)N1CCCC[C@H]1c1ccnn1C)c1cccc(F)c1F. The van der Waals surface area contributed by atoms with E-state index in [0.717, 1.165) is 31.0 Å². The fourth-order valence-corrected chi connectivity index (χ4v) is 3.39. The van der Waals surface area contributed by atoms with Crippen LogP contribution in [0.25, 0.3) is 0 Å². The molecule has 5 nitrogen and oxygen atoms in total. The third-order valence-corrected chi connectivity index (χ3v) is 4.75. The van der Waals surface area contributed by atoms with E-state index in [-0.39, 0.29) is 17.6 Å². The number of nitrogens with one attached hydrogen (secondary N) is 1. The lowest BCUT2D eigenvalue weighted by molar-refractivity contribution is 0.145. The zero-order chi connectivity index (χ0) is 18.0. The Morgan fingerprint density at radius 1 is 1.32 bits per heavy atom. The summed E-state index contributed by atoms with van der Waals surface area (Å²) in [4.78, 5) is 14.5. The Hall–Kier alpha value is -2.44. The van der Waals surface area contributed by atoms with Gasteiger partial charge in [0.05, 0.1) is 17.8 Å². The van der Waals surface area contributed by atoms with Crippen molar-refractivity contribution >= 4 is 6.03 Å². The number of urea groups is 1. The lowest BCUT2D eigenvalue weighted by atomic mass is 9.99. The number of rotatable bonds is 3. The van der Waals surface area contributed by atoms with Gasteiger partial charge in [0.25, 0.3) is 0 Å². The second-order valence-corrected chi connectivity index (χ2v) is 6.40. The topological polar surface area (TPSA) is 50.2 Å². The van der Waals surface area contributed by atoms with Gasteiger partial charge < -0.3 is 10.2 Å². The Morgan fingerprint density at radius 3 is 2.84 bits per heavy atom. The number of hydrogen-bond acceptors (Lipinski definition) is 2. The lowest BCUT2D eigenvalue weighted by Crippen LogP contribution is -2.45. The largest absolute Gasteiger partial charge is 0.331 e. The molecule has 2 heterocycles. The maximum Gasteiger partial charge on any atom is 0.318 e. The number of aryl methyl sites for hydroxylation is 1. The number of halogens is 2. The molecular weight excluding hydrogens is 326 g/mol. The molecule has 134 valence electrons. The number of benzene rings is 1. The van der Waals surface area contributed by atoms with E-state index in [4.69, 9.17) is 0 Å². The third-order valence-electron chi connectivity index (χ3n) is 4.75. The van der Waals surface area contributed by atoms with Crippen molar-refractivity contribution in [2.45, 2.75) is 38.3 Å². The van der Waals surface area contributed by atoms with Crippen molar-refractivity contribution in [1.29, 1.82) is 0 Å². The molecule has 0 bridgehead atoms. The fourth-order valence-electron chi connectivity index (χ4n) is 3.39. The first-order chi connectivity index (χ1) is 12.0. The molecule has 0 spiro atoms. The Morgan fingerprint density at radius 2 is 2.12 bits per heavy atom. The van der Waals surface area contributed by atoms with Crippen molar-refractivity contribution in [3.8, 4) is 0 Å². The van der Waals surface area contributed by atoms with Gasteiger partial charge in [-0.15, -0.1) is 0 Å². The summed E-state index contributed by atoms with van der Waals surface area (Å²) in [7, 11) is 1.85. The summed E-state index contributed by atoms with van der Waals surface area (Å²) in [5, 5.41) is 6.98. The van der Waals surface area contributed by atoms with Crippen LogP contribution in [0.2, 0.25) is 0 Å². The molecular formula is C18H22F2N4O. The van der Waals surface area contributed by atoms with Crippen molar-refractivity contribution in [2.24, 2.45) is 7.05 Å². The highest BCUT2D eigenvalue weighted by atomic mass is 19.2. The van der Waals surface area contributed by atoms with Crippen LogP contribution >= 0.6 is 0 Å². The minimum Gasteiger partial charge on any atom is -0.331 e. The first kappa shape index (κ1) is 17.4. The summed E-state index contributed by atoms with van der Waals surface area (Å²) in [6.45, 7) is 2.28. The molecule has 1 aliphatic rings. The van der Waals surface area contributed by atoms with Gasteiger partial charge in [-0.25, -0.2) is 13.6 Å². The highest BCUT2D eigenvalue weighted by Crippen LogP contribution is 2.31. The van der Waals surface area contributed by atoms with E-state index in [0.29, 0.717) is 6.54 Å². The van der Waals surface area contributed by atoms with Gasteiger partial charge in [0.15, 0.2) is 11.6 Å². The quantitative estimate of drug-likeness (QED) is 0.920. The van der Waals surface area contributed by atoms with E-state index in [1.165, 1.54) is 12.1 Å². The zero-order valence-electron chi connectivity index (χ0n) is 14.4. The first-order valence-electron chi connectivity index (χ1n) is 8.48. The van der Waals surface area contributed by atoms with E-state index >= 15 is 0 Å². The number of hydrogen-bond donors (Lipinski definition) is 1. The Labute approximate surface area is 145 Å². The smallest absolute Gasteiger partial charge is 0.318 e. The van der Waals surface area contributed by atoms with E-state index in [2.05, 4.69) is 10.4 Å². The average Bonchev–Trinajstić information content (AvgIpc) is 3.03. The molecule has 1 N–H and O–H groups in total. The predicted molar refractivity (Wildman–Crippen MR) is 89.8 cm³/mol. The van der Waals surface area contributed by atoms with Crippen LogP contribution in [0.1, 0.15) is 49.5 Å².